The molecule has 0 radical (unpaired) electrons. The maximum absolute atomic E-state index is 13.2. The molecule has 2 rings (SSSR count). The molecule has 1 saturated carbocycles. The minimum atomic E-state index is -4.49. The Balaban J connectivity index is 1.96. The molecule has 0 aromatic heterocycles. The molecule has 1 fully saturated rings. The van der Waals surface area contributed by atoms with Gasteiger partial charge in [0, 0.05) is 11.5 Å². The molecule has 4 nitrogen and oxygen atoms in total. The van der Waals surface area contributed by atoms with Crippen molar-refractivity contribution < 1.29 is 23.1 Å². The summed E-state index contributed by atoms with van der Waals surface area (Å²) < 4.78 is 39.6. The third kappa shape index (κ3) is 4.48. The predicted octanol–water partition coefficient (Wildman–Crippen LogP) is 2.55. The fourth-order valence-electron chi connectivity index (χ4n) is 3.18. The van der Waals surface area contributed by atoms with Crippen molar-refractivity contribution >= 4 is 5.91 Å². The molecule has 134 valence electrons. The first kappa shape index (κ1) is 18.7. The Kier molecular flexibility index (Phi) is 5.87. The van der Waals surface area contributed by atoms with Crippen molar-refractivity contribution in [1.82, 2.24) is 10.6 Å². The Morgan fingerprint density at radius 2 is 2.04 bits per heavy atom. The number of carbonyl (C=O) groups is 1. The Bertz CT molecular complexity index is 551. The number of rotatable bonds is 6. The maximum Gasteiger partial charge on any atom is 0.407 e. The maximum atomic E-state index is 13.2. The molecule has 0 saturated heterocycles. The van der Waals surface area contributed by atoms with E-state index < -0.39 is 30.1 Å². The van der Waals surface area contributed by atoms with Gasteiger partial charge in [0.15, 0.2) is 0 Å². The highest BCUT2D eigenvalue weighted by Crippen LogP contribution is 2.37. The zero-order valence-electron chi connectivity index (χ0n) is 13.6. The Hall–Kier alpha value is -1.60. The van der Waals surface area contributed by atoms with Gasteiger partial charge in [0.2, 0.25) is 5.91 Å². The lowest BCUT2D eigenvalue weighted by molar-refractivity contribution is -0.158. The zero-order valence-corrected chi connectivity index (χ0v) is 13.6. The van der Waals surface area contributed by atoms with E-state index in [1.807, 2.05) is 6.92 Å². The lowest BCUT2D eigenvalue weighted by atomic mass is 9.86. The number of hydrogen-bond acceptors (Lipinski definition) is 3. The second kappa shape index (κ2) is 7.53. The Labute approximate surface area is 139 Å². The monoisotopic (exact) mass is 344 g/mol. The number of alkyl halides is 3. The lowest BCUT2D eigenvalue weighted by Crippen LogP contribution is -2.48. The van der Waals surface area contributed by atoms with Gasteiger partial charge in [-0.25, -0.2) is 0 Å². The topological polar surface area (TPSA) is 61.4 Å². The second-order valence-corrected chi connectivity index (χ2v) is 6.59. The number of carbonyl (C=O) groups excluding carboxylic acids is 1. The van der Waals surface area contributed by atoms with Gasteiger partial charge in [-0.1, -0.05) is 43.7 Å². The highest BCUT2D eigenvalue weighted by molar-refractivity contribution is 5.78. The van der Waals surface area contributed by atoms with E-state index in [4.69, 9.17) is 0 Å². The van der Waals surface area contributed by atoms with E-state index in [0.29, 0.717) is 0 Å². The number of hydrogen-bond donors (Lipinski definition) is 3. The van der Waals surface area contributed by atoms with Crippen LogP contribution in [-0.4, -0.2) is 36.4 Å². The summed E-state index contributed by atoms with van der Waals surface area (Å²) in [6.45, 7) is 1.39. The van der Waals surface area contributed by atoms with E-state index in [-0.39, 0.29) is 18.2 Å². The van der Waals surface area contributed by atoms with Gasteiger partial charge in [0.05, 0.1) is 13.2 Å². The van der Waals surface area contributed by atoms with E-state index in [0.717, 1.165) is 19.3 Å². The SMILES string of the molecule is CC1(CO)CCCC1NC(=O)CNC(c1ccccc1)C(F)(F)F. The van der Waals surface area contributed by atoms with Crippen LogP contribution >= 0.6 is 0 Å². The van der Waals surface area contributed by atoms with Gasteiger partial charge < -0.3 is 10.4 Å². The van der Waals surface area contributed by atoms with Gasteiger partial charge in [0.1, 0.15) is 6.04 Å². The van der Waals surface area contributed by atoms with Crippen molar-refractivity contribution in [1.29, 1.82) is 0 Å². The van der Waals surface area contributed by atoms with Gasteiger partial charge in [-0.3, -0.25) is 10.1 Å². The minimum absolute atomic E-state index is 0.0550. The van der Waals surface area contributed by atoms with Crippen LogP contribution in [0.4, 0.5) is 13.2 Å². The highest BCUT2D eigenvalue weighted by atomic mass is 19.4. The molecular weight excluding hydrogens is 321 g/mol. The number of nitrogens with one attached hydrogen (secondary N) is 2. The van der Waals surface area contributed by atoms with E-state index >= 15 is 0 Å². The average Bonchev–Trinajstić information content (AvgIpc) is 2.89. The molecule has 1 aromatic rings. The largest absolute Gasteiger partial charge is 0.407 e. The standard InChI is InChI=1S/C17H23F3N2O2/c1-16(11-23)9-5-8-13(16)22-14(24)10-21-15(17(18,19)20)12-6-3-2-4-7-12/h2-4,6-7,13,15,21,23H,5,8-11H2,1H3,(H,22,24). The Morgan fingerprint density at radius 1 is 1.38 bits per heavy atom. The minimum Gasteiger partial charge on any atom is -0.396 e. The van der Waals surface area contributed by atoms with Crippen molar-refractivity contribution in [2.45, 2.75) is 44.4 Å². The Morgan fingerprint density at radius 3 is 2.62 bits per heavy atom. The number of halogens is 3. The quantitative estimate of drug-likeness (QED) is 0.743. The summed E-state index contributed by atoms with van der Waals surface area (Å²) in [5.41, 5.74) is -0.336. The number of amides is 1. The van der Waals surface area contributed by atoms with E-state index in [1.165, 1.54) is 24.3 Å². The van der Waals surface area contributed by atoms with Gasteiger partial charge in [0.25, 0.3) is 0 Å². The van der Waals surface area contributed by atoms with Crippen LogP contribution in [0.5, 0.6) is 0 Å². The van der Waals surface area contributed by atoms with E-state index in [1.54, 1.807) is 6.07 Å². The summed E-state index contributed by atoms with van der Waals surface area (Å²) in [6, 6.07) is 5.35. The molecule has 1 aliphatic carbocycles. The fraction of sp³-hybridized carbons (Fsp3) is 0.588. The third-order valence-electron chi connectivity index (χ3n) is 4.71. The van der Waals surface area contributed by atoms with Crippen LogP contribution in [0, 0.1) is 5.41 Å². The molecule has 1 amide bonds. The zero-order chi connectivity index (χ0) is 17.8. The summed E-state index contributed by atoms with van der Waals surface area (Å²) >= 11 is 0. The smallest absolute Gasteiger partial charge is 0.396 e. The lowest BCUT2D eigenvalue weighted by Gasteiger charge is -2.30. The molecule has 3 atom stereocenters. The molecule has 0 bridgehead atoms. The van der Waals surface area contributed by atoms with E-state index in [2.05, 4.69) is 10.6 Å². The first-order valence-corrected chi connectivity index (χ1v) is 8.01. The molecule has 1 aromatic carbocycles. The number of benzene rings is 1. The summed E-state index contributed by atoms with van der Waals surface area (Å²) in [7, 11) is 0. The molecule has 24 heavy (non-hydrogen) atoms. The van der Waals surface area contributed by atoms with Crippen molar-refractivity contribution in [3.8, 4) is 0 Å². The summed E-state index contributed by atoms with van der Waals surface area (Å²) in [5, 5.41) is 14.5. The van der Waals surface area contributed by atoms with Gasteiger partial charge in [-0.2, -0.15) is 13.2 Å². The van der Waals surface area contributed by atoms with Crippen LogP contribution in [0.25, 0.3) is 0 Å². The van der Waals surface area contributed by atoms with Crippen molar-refractivity contribution in [2.24, 2.45) is 5.41 Å². The molecule has 0 spiro atoms. The molecule has 3 unspecified atom stereocenters. The predicted molar refractivity (Wildman–Crippen MR) is 84.2 cm³/mol. The molecule has 0 heterocycles. The highest BCUT2D eigenvalue weighted by Gasteiger charge is 2.42. The van der Waals surface area contributed by atoms with Crippen LogP contribution in [0.3, 0.4) is 0 Å². The molecule has 3 N–H and O–H groups in total. The summed E-state index contributed by atoms with van der Waals surface area (Å²) in [4.78, 5) is 12.0. The van der Waals surface area contributed by atoms with Crippen LogP contribution in [-0.2, 0) is 4.79 Å². The van der Waals surface area contributed by atoms with Crippen LogP contribution in [0.1, 0.15) is 37.8 Å². The third-order valence-corrected chi connectivity index (χ3v) is 4.71. The van der Waals surface area contributed by atoms with Crippen LogP contribution < -0.4 is 10.6 Å². The normalized spacial score (nSPS) is 25.5. The van der Waals surface area contributed by atoms with Crippen LogP contribution in [0.2, 0.25) is 0 Å². The van der Waals surface area contributed by atoms with Crippen molar-refractivity contribution in [3.63, 3.8) is 0 Å². The molecule has 0 aliphatic heterocycles. The fourth-order valence-corrected chi connectivity index (χ4v) is 3.18. The van der Waals surface area contributed by atoms with Gasteiger partial charge >= 0.3 is 6.18 Å². The van der Waals surface area contributed by atoms with Crippen molar-refractivity contribution in [3.05, 3.63) is 35.9 Å². The average molecular weight is 344 g/mol. The van der Waals surface area contributed by atoms with Crippen LogP contribution in [0.15, 0.2) is 30.3 Å². The second-order valence-electron chi connectivity index (χ2n) is 6.59. The van der Waals surface area contributed by atoms with E-state index in [9.17, 15) is 23.1 Å². The first-order valence-electron chi connectivity index (χ1n) is 8.01. The molecule has 7 heteroatoms. The first-order chi connectivity index (χ1) is 11.3. The summed E-state index contributed by atoms with van der Waals surface area (Å²) in [5.74, 6) is -0.494. The summed E-state index contributed by atoms with van der Waals surface area (Å²) in [6.07, 6.45) is -2.10. The van der Waals surface area contributed by atoms with Crippen molar-refractivity contribution in [2.75, 3.05) is 13.2 Å². The molecule has 1 aliphatic rings. The van der Waals surface area contributed by atoms with Gasteiger partial charge in [-0.05, 0) is 18.4 Å². The molecular formula is C17H23F3N2O2. The van der Waals surface area contributed by atoms with Gasteiger partial charge in [-0.15, -0.1) is 0 Å². The number of aliphatic hydroxyl groups is 1. The number of aliphatic hydroxyl groups excluding tert-OH is 1.